The van der Waals surface area contributed by atoms with E-state index in [1.165, 1.54) is 0 Å². The smallest absolute Gasteiger partial charge is 0.111 e. The molecule has 1 radical (unpaired) electrons. The summed E-state index contributed by atoms with van der Waals surface area (Å²) in [6.45, 7) is -1.45. The maximum Gasteiger partial charge on any atom is 0.111 e. The van der Waals surface area contributed by atoms with Crippen molar-refractivity contribution >= 4 is 51.4 Å². The molecule has 0 aromatic rings. The fraction of sp³-hybridized carbons (Fsp3) is 1.00. The minimum atomic E-state index is -1.67. The molecule has 0 aromatic heterocycles. The van der Waals surface area contributed by atoms with E-state index in [9.17, 15) is 0 Å². The molecule has 7 heteroatoms. The Hall–Kier alpha value is 1.40. The maximum absolute atomic E-state index is 8.96. The largest absolute Gasteiger partial charge is 0.394 e. The van der Waals surface area contributed by atoms with Gasteiger partial charge < -0.3 is 30.6 Å². The molecule has 0 saturated heterocycles. The van der Waals surface area contributed by atoms with E-state index in [4.69, 9.17) is 30.6 Å². The molecule has 0 saturated carbocycles. The predicted molar refractivity (Wildman–Crippen MR) is 44.0 cm³/mol. The van der Waals surface area contributed by atoms with Crippen molar-refractivity contribution in [3.05, 3.63) is 0 Å². The molecule has 0 amide bonds. The van der Waals surface area contributed by atoms with Crippen LogP contribution < -0.4 is 0 Å². The fourth-order valence-corrected chi connectivity index (χ4v) is 0.671. The number of hydrogen-bond acceptors (Lipinski definition) is 6. The van der Waals surface area contributed by atoms with Gasteiger partial charge in [-0.2, -0.15) is 0 Å². The number of rotatable bonds is 5. The van der Waals surface area contributed by atoms with E-state index >= 15 is 0 Å². The SMILES string of the molecule is OC[C@@H](O)[C@@H](O)[C@H](O)[C@@H](O)CO.[K]. The summed E-state index contributed by atoms with van der Waals surface area (Å²) in [4.78, 5) is 0. The van der Waals surface area contributed by atoms with Gasteiger partial charge in [-0.05, 0) is 0 Å². The molecule has 4 atom stereocenters. The summed E-state index contributed by atoms with van der Waals surface area (Å²) in [6.07, 6.45) is -6.39. The normalized spacial score (nSPS) is 19.8. The van der Waals surface area contributed by atoms with E-state index < -0.39 is 37.6 Å². The maximum atomic E-state index is 8.96. The van der Waals surface area contributed by atoms with E-state index in [0.29, 0.717) is 0 Å². The van der Waals surface area contributed by atoms with Crippen molar-refractivity contribution in [1.29, 1.82) is 0 Å². The van der Waals surface area contributed by atoms with Crippen molar-refractivity contribution in [1.82, 2.24) is 0 Å². The second kappa shape index (κ2) is 8.68. The molecule has 0 aliphatic rings. The first kappa shape index (κ1) is 16.8. The molecule has 0 heterocycles. The van der Waals surface area contributed by atoms with Crippen LogP contribution in [0.15, 0.2) is 0 Å². The molecule has 0 spiro atoms. The van der Waals surface area contributed by atoms with E-state index in [1.54, 1.807) is 0 Å². The summed E-state index contributed by atoms with van der Waals surface area (Å²) in [7, 11) is 0. The number of hydrogen-bond donors (Lipinski definition) is 6. The third-order valence-electron chi connectivity index (χ3n) is 1.51. The summed E-state index contributed by atoms with van der Waals surface area (Å²) < 4.78 is 0. The van der Waals surface area contributed by atoms with Crippen molar-refractivity contribution in [3.8, 4) is 0 Å². The van der Waals surface area contributed by atoms with Gasteiger partial charge in [0.05, 0.1) is 13.2 Å². The summed E-state index contributed by atoms with van der Waals surface area (Å²) in [5, 5.41) is 52.2. The number of aliphatic hydroxyl groups excluding tert-OH is 6. The first-order valence-corrected chi connectivity index (χ1v) is 3.48. The molecule has 0 aliphatic heterocycles. The van der Waals surface area contributed by atoms with Gasteiger partial charge in [0, 0.05) is 51.4 Å². The third-order valence-corrected chi connectivity index (χ3v) is 1.51. The fourth-order valence-electron chi connectivity index (χ4n) is 0.671. The molecule has 0 aliphatic carbocycles. The first-order chi connectivity index (χ1) is 5.54. The summed E-state index contributed by atoms with van der Waals surface area (Å²) in [5.41, 5.74) is 0. The van der Waals surface area contributed by atoms with Gasteiger partial charge >= 0.3 is 0 Å². The van der Waals surface area contributed by atoms with Gasteiger partial charge in [0.15, 0.2) is 0 Å². The van der Waals surface area contributed by atoms with Gasteiger partial charge in [-0.15, -0.1) is 0 Å². The predicted octanol–water partition coefficient (Wildman–Crippen LogP) is -3.97. The van der Waals surface area contributed by atoms with Gasteiger partial charge in [-0.1, -0.05) is 0 Å². The van der Waals surface area contributed by atoms with Crippen molar-refractivity contribution in [2.24, 2.45) is 0 Å². The van der Waals surface area contributed by atoms with E-state index in [2.05, 4.69) is 0 Å². The molecule has 75 valence electrons. The Balaban J connectivity index is 0. The zero-order valence-electron chi connectivity index (χ0n) is 7.41. The Kier molecular flexibility index (Phi) is 11.2. The zero-order chi connectivity index (χ0) is 9.72. The van der Waals surface area contributed by atoms with E-state index in [-0.39, 0.29) is 51.4 Å². The van der Waals surface area contributed by atoms with E-state index in [0.717, 1.165) is 0 Å². The Morgan fingerprint density at radius 1 is 0.692 bits per heavy atom. The minimum absolute atomic E-state index is 0. The van der Waals surface area contributed by atoms with Gasteiger partial charge in [0.2, 0.25) is 0 Å². The topological polar surface area (TPSA) is 121 Å². The van der Waals surface area contributed by atoms with Crippen molar-refractivity contribution in [2.45, 2.75) is 24.4 Å². The van der Waals surface area contributed by atoms with Gasteiger partial charge in [-0.3, -0.25) is 0 Å². The van der Waals surface area contributed by atoms with Crippen LogP contribution in [-0.4, -0.2) is 120 Å². The Labute approximate surface area is 118 Å². The average molecular weight is 221 g/mol. The van der Waals surface area contributed by atoms with Crippen molar-refractivity contribution < 1.29 is 30.6 Å². The molecule has 0 rings (SSSR count). The molecule has 6 nitrogen and oxygen atoms in total. The van der Waals surface area contributed by atoms with Crippen LogP contribution in [0.4, 0.5) is 0 Å². The third kappa shape index (κ3) is 5.75. The average Bonchev–Trinajstić information content (AvgIpc) is 2.12. The van der Waals surface area contributed by atoms with Gasteiger partial charge in [-0.25, -0.2) is 0 Å². The molecule has 6 N–H and O–H groups in total. The molecule has 13 heavy (non-hydrogen) atoms. The minimum Gasteiger partial charge on any atom is -0.394 e. The van der Waals surface area contributed by atoms with Crippen LogP contribution >= 0.6 is 0 Å². The van der Waals surface area contributed by atoms with Crippen LogP contribution in [0.1, 0.15) is 0 Å². The standard InChI is InChI=1S/C6H14O6.K/c7-1-3(9)5(11)6(12)4(10)2-8;/h3-12H,1-2H2;/t3-,4+,5-,6-;/m1./s1. The monoisotopic (exact) mass is 221 g/mol. The molecule has 0 bridgehead atoms. The van der Waals surface area contributed by atoms with Crippen LogP contribution in [0, 0.1) is 0 Å². The van der Waals surface area contributed by atoms with Crippen LogP contribution in [0.3, 0.4) is 0 Å². The van der Waals surface area contributed by atoms with Gasteiger partial charge in [0.1, 0.15) is 24.4 Å². The van der Waals surface area contributed by atoms with Crippen LogP contribution in [-0.2, 0) is 0 Å². The summed E-state index contributed by atoms with van der Waals surface area (Å²) in [6, 6.07) is 0. The second-order valence-corrected chi connectivity index (χ2v) is 2.48. The molecule has 0 aromatic carbocycles. The molecular weight excluding hydrogens is 207 g/mol. The Morgan fingerprint density at radius 2 is 0.923 bits per heavy atom. The molecule has 0 unspecified atom stereocenters. The van der Waals surface area contributed by atoms with Crippen LogP contribution in [0.2, 0.25) is 0 Å². The second-order valence-electron chi connectivity index (χ2n) is 2.48. The molecular formula is C6H14KO6. The van der Waals surface area contributed by atoms with Crippen molar-refractivity contribution in [3.63, 3.8) is 0 Å². The summed E-state index contributed by atoms with van der Waals surface area (Å²) >= 11 is 0. The van der Waals surface area contributed by atoms with E-state index in [1.807, 2.05) is 0 Å². The first-order valence-electron chi connectivity index (χ1n) is 3.48. The molecule has 0 fully saturated rings. The Bertz CT molecular complexity index is 110. The van der Waals surface area contributed by atoms with Gasteiger partial charge in [0.25, 0.3) is 0 Å². The van der Waals surface area contributed by atoms with Crippen LogP contribution in [0.5, 0.6) is 0 Å². The Morgan fingerprint density at radius 3 is 1.08 bits per heavy atom. The quantitative estimate of drug-likeness (QED) is 0.263. The zero-order valence-corrected chi connectivity index (χ0v) is 10.5. The van der Waals surface area contributed by atoms with Crippen molar-refractivity contribution in [2.75, 3.05) is 13.2 Å². The van der Waals surface area contributed by atoms with Crippen LogP contribution in [0.25, 0.3) is 0 Å². The number of aliphatic hydroxyl groups is 6. The summed E-state index contributed by atoms with van der Waals surface area (Å²) in [5.74, 6) is 0.